The lowest BCUT2D eigenvalue weighted by atomic mass is 10.2. The third kappa shape index (κ3) is 4.52. The van der Waals surface area contributed by atoms with Crippen molar-refractivity contribution in [3.8, 4) is 5.75 Å². The maximum Gasteiger partial charge on any atom is 0.294 e. The van der Waals surface area contributed by atoms with E-state index in [9.17, 15) is 19.5 Å². The molecule has 0 atom stereocenters. The summed E-state index contributed by atoms with van der Waals surface area (Å²) < 4.78 is 0.609. The number of para-hydroxylation sites is 1. The molecule has 138 valence electrons. The van der Waals surface area contributed by atoms with E-state index >= 15 is 0 Å². The Morgan fingerprint density at radius 1 is 1.26 bits per heavy atom. The zero-order chi connectivity index (χ0) is 19.6. The zero-order valence-corrected chi connectivity index (χ0v) is 16.8. The number of halogens is 2. The van der Waals surface area contributed by atoms with Crippen molar-refractivity contribution in [3.63, 3.8) is 0 Å². The molecule has 1 saturated heterocycles. The number of amides is 3. The first-order valence-corrected chi connectivity index (χ1v) is 9.62. The maximum absolute atomic E-state index is 12.5. The van der Waals surface area contributed by atoms with Gasteiger partial charge in [-0.25, -0.2) is 0 Å². The second kappa shape index (κ2) is 8.16. The third-order valence-electron chi connectivity index (χ3n) is 3.58. The predicted octanol–water partition coefficient (Wildman–Crippen LogP) is 4.48. The van der Waals surface area contributed by atoms with Crippen LogP contribution >= 0.6 is 39.3 Å². The Balaban J connectivity index is 1.76. The highest BCUT2D eigenvalue weighted by Crippen LogP contribution is 2.37. The van der Waals surface area contributed by atoms with Gasteiger partial charge in [0.15, 0.2) is 0 Å². The highest BCUT2D eigenvalue weighted by atomic mass is 79.9. The number of carbonyl (C=O) groups excluding carboxylic acids is 3. The fourth-order valence-electron chi connectivity index (χ4n) is 2.34. The lowest BCUT2D eigenvalue weighted by molar-refractivity contribution is -0.127. The van der Waals surface area contributed by atoms with Gasteiger partial charge in [0.25, 0.3) is 11.1 Å². The van der Waals surface area contributed by atoms with Crippen molar-refractivity contribution in [2.45, 2.75) is 0 Å². The van der Waals surface area contributed by atoms with Crippen LogP contribution in [0.15, 0.2) is 51.8 Å². The molecule has 1 aliphatic rings. The Morgan fingerprint density at radius 3 is 2.67 bits per heavy atom. The first-order valence-electron chi connectivity index (χ1n) is 7.63. The molecule has 0 spiro atoms. The smallest absolute Gasteiger partial charge is 0.294 e. The van der Waals surface area contributed by atoms with Crippen molar-refractivity contribution in [2.24, 2.45) is 0 Å². The number of rotatable bonds is 4. The Labute approximate surface area is 172 Å². The van der Waals surface area contributed by atoms with E-state index in [0.29, 0.717) is 21.9 Å². The van der Waals surface area contributed by atoms with Gasteiger partial charge in [-0.15, -0.1) is 0 Å². The number of hydrogen-bond acceptors (Lipinski definition) is 5. The van der Waals surface area contributed by atoms with Crippen LogP contribution in [0, 0.1) is 0 Å². The van der Waals surface area contributed by atoms with Gasteiger partial charge in [0.05, 0.1) is 9.93 Å². The number of aromatic hydroxyl groups is 1. The first-order chi connectivity index (χ1) is 12.8. The summed E-state index contributed by atoms with van der Waals surface area (Å²) >= 11 is 9.86. The van der Waals surface area contributed by atoms with Gasteiger partial charge in [0.2, 0.25) is 5.91 Å². The number of phenolic OH excluding ortho intramolecular Hbond substituents is 1. The number of anilines is 1. The van der Waals surface area contributed by atoms with E-state index in [0.717, 1.165) is 4.90 Å². The van der Waals surface area contributed by atoms with Gasteiger partial charge in [0, 0.05) is 15.7 Å². The number of carbonyl (C=O) groups is 3. The second-order valence-corrected chi connectivity index (χ2v) is 7.82. The lowest BCUT2D eigenvalue weighted by Crippen LogP contribution is -2.36. The summed E-state index contributed by atoms with van der Waals surface area (Å²) in [6.07, 6.45) is 1.37. The van der Waals surface area contributed by atoms with Gasteiger partial charge in [-0.3, -0.25) is 19.3 Å². The summed E-state index contributed by atoms with van der Waals surface area (Å²) in [5.74, 6) is -1.30. The number of phenols is 1. The molecule has 1 heterocycles. The number of benzene rings is 2. The summed E-state index contributed by atoms with van der Waals surface area (Å²) in [6, 6.07) is 11.8. The molecule has 1 aliphatic heterocycles. The molecule has 3 rings (SSSR count). The first kappa shape index (κ1) is 19.5. The van der Waals surface area contributed by atoms with Crippen molar-refractivity contribution in [3.05, 3.63) is 62.4 Å². The van der Waals surface area contributed by atoms with E-state index in [2.05, 4.69) is 21.2 Å². The highest BCUT2D eigenvalue weighted by molar-refractivity contribution is 9.10. The molecule has 3 amide bonds. The molecule has 2 aromatic rings. The van der Waals surface area contributed by atoms with Gasteiger partial charge in [-0.05, 0) is 42.1 Å². The fraction of sp³-hybridized carbons (Fsp3) is 0.0556. The van der Waals surface area contributed by atoms with Crippen LogP contribution < -0.4 is 5.32 Å². The predicted molar refractivity (Wildman–Crippen MR) is 109 cm³/mol. The minimum Gasteiger partial charge on any atom is -0.506 e. The van der Waals surface area contributed by atoms with Gasteiger partial charge in [0.1, 0.15) is 12.3 Å². The highest BCUT2D eigenvalue weighted by Gasteiger charge is 2.36. The molecule has 1 fully saturated rings. The number of hydrogen-bond donors (Lipinski definition) is 2. The van der Waals surface area contributed by atoms with Crippen LogP contribution in [0.3, 0.4) is 0 Å². The van der Waals surface area contributed by atoms with Crippen LogP contribution in [0.1, 0.15) is 5.56 Å². The second-order valence-electron chi connectivity index (χ2n) is 5.51. The SMILES string of the molecule is O=C(CN1C(=O)S/C(=C\c2cc(Br)cc(Cl)c2O)C1=O)Nc1ccccc1. The molecule has 0 radical (unpaired) electrons. The van der Waals surface area contributed by atoms with E-state index in [4.69, 9.17) is 11.6 Å². The molecule has 0 bridgehead atoms. The van der Waals surface area contributed by atoms with Crippen molar-refractivity contribution >= 4 is 68.1 Å². The van der Waals surface area contributed by atoms with Crippen LogP contribution in [-0.2, 0) is 9.59 Å². The summed E-state index contributed by atoms with van der Waals surface area (Å²) in [7, 11) is 0. The molecule has 2 N–H and O–H groups in total. The van der Waals surface area contributed by atoms with Gasteiger partial charge < -0.3 is 10.4 Å². The Morgan fingerprint density at radius 2 is 1.96 bits per heavy atom. The summed E-state index contributed by atoms with van der Waals surface area (Å²) in [4.78, 5) is 37.7. The standard InChI is InChI=1S/C18H12BrClN2O4S/c19-11-6-10(16(24)13(20)8-11)7-14-17(25)22(18(26)27-14)9-15(23)21-12-4-2-1-3-5-12/h1-8,24H,9H2,(H,21,23)/b14-7-. The molecule has 9 heteroatoms. The molecule has 2 aromatic carbocycles. The number of imide groups is 1. The van der Waals surface area contributed by atoms with E-state index < -0.39 is 23.6 Å². The summed E-state index contributed by atoms with van der Waals surface area (Å²) in [5.41, 5.74) is 0.854. The normalized spacial score (nSPS) is 15.5. The molecular weight excluding hydrogens is 456 g/mol. The number of nitrogens with one attached hydrogen (secondary N) is 1. The molecule has 6 nitrogen and oxygen atoms in total. The Hall–Kier alpha value is -2.29. The molecular formula is C18H12BrClN2O4S. The number of thioether (sulfide) groups is 1. The van der Waals surface area contributed by atoms with Crippen LogP contribution in [-0.4, -0.2) is 33.6 Å². The molecule has 0 unspecified atom stereocenters. The molecule has 0 aromatic heterocycles. The molecule has 0 aliphatic carbocycles. The summed E-state index contributed by atoms with van der Waals surface area (Å²) in [5, 5.41) is 12.2. The van der Waals surface area contributed by atoms with Crippen molar-refractivity contribution in [2.75, 3.05) is 11.9 Å². The topological polar surface area (TPSA) is 86.7 Å². The Kier molecular flexibility index (Phi) is 5.88. The zero-order valence-electron chi connectivity index (χ0n) is 13.6. The largest absolute Gasteiger partial charge is 0.506 e. The van der Waals surface area contributed by atoms with E-state index in [1.165, 1.54) is 12.1 Å². The van der Waals surface area contributed by atoms with Crippen molar-refractivity contribution < 1.29 is 19.5 Å². The van der Waals surface area contributed by atoms with E-state index in [-0.39, 0.29) is 21.2 Å². The lowest BCUT2D eigenvalue weighted by Gasteiger charge is -2.12. The maximum atomic E-state index is 12.5. The third-order valence-corrected chi connectivity index (χ3v) is 5.23. The molecule has 0 saturated carbocycles. The quantitative estimate of drug-likeness (QED) is 0.647. The van der Waals surface area contributed by atoms with E-state index in [1.54, 1.807) is 36.4 Å². The summed E-state index contributed by atoms with van der Waals surface area (Å²) in [6.45, 7) is -0.401. The van der Waals surface area contributed by atoms with Gasteiger partial charge in [-0.2, -0.15) is 0 Å². The number of nitrogens with zero attached hydrogens (tertiary/aromatic N) is 1. The van der Waals surface area contributed by atoms with Crippen LogP contribution in [0.2, 0.25) is 5.02 Å². The van der Waals surface area contributed by atoms with E-state index in [1.807, 2.05) is 0 Å². The van der Waals surface area contributed by atoms with Gasteiger partial charge >= 0.3 is 0 Å². The van der Waals surface area contributed by atoms with Crippen LogP contribution in [0.25, 0.3) is 6.08 Å². The Bertz CT molecular complexity index is 965. The monoisotopic (exact) mass is 466 g/mol. The van der Waals surface area contributed by atoms with Crippen molar-refractivity contribution in [1.29, 1.82) is 0 Å². The fourth-order valence-corrected chi connectivity index (χ4v) is 4.00. The van der Waals surface area contributed by atoms with Crippen LogP contribution in [0.5, 0.6) is 5.75 Å². The van der Waals surface area contributed by atoms with Gasteiger partial charge in [-0.1, -0.05) is 45.7 Å². The van der Waals surface area contributed by atoms with Crippen molar-refractivity contribution in [1.82, 2.24) is 4.90 Å². The average molecular weight is 468 g/mol. The molecule has 27 heavy (non-hydrogen) atoms. The average Bonchev–Trinajstić information content (AvgIpc) is 2.87. The minimum atomic E-state index is -0.608. The van der Waals surface area contributed by atoms with Crippen LogP contribution in [0.4, 0.5) is 10.5 Å². The minimum absolute atomic E-state index is 0.0944.